The van der Waals surface area contributed by atoms with Gasteiger partial charge in [-0.15, -0.1) is 11.3 Å². The second kappa shape index (κ2) is 12.0. The number of primary amides is 1. The lowest BCUT2D eigenvalue weighted by Gasteiger charge is -2.38. The summed E-state index contributed by atoms with van der Waals surface area (Å²) in [6.07, 6.45) is -1.11. The summed E-state index contributed by atoms with van der Waals surface area (Å²) < 4.78 is 0. The van der Waals surface area contributed by atoms with Crippen molar-refractivity contribution in [2.45, 2.75) is 59.2 Å². The Labute approximate surface area is 227 Å². The van der Waals surface area contributed by atoms with Gasteiger partial charge in [-0.2, -0.15) is 0 Å². The number of carbonyl (C=O) groups is 4. The monoisotopic (exact) mass is 543 g/mol. The Bertz CT molecular complexity index is 1170. The van der Waals surface area contributed by atoms with E-state index in [9.17, 15) is 24.3 Å². The lowest BCUT2D eigenvalue weighted by atomic mass is 9.70. The van der Waals surface area contributed by atoms with Gasteiger partial charge in [-0.05, 0) is 23.5 Å². The van der Waals surface area contributed by atoms with Crippen molar-refractivity contribution < 1.29 is 24.3 Å². The highest BCUT2D eigenvalue weighted by Crippen LogP contribution is 2.37. The highest BCUT2D eigenvalue weighted by Gasteiger charge is 2.48. The molecule has 2 heterocycles. The van der Waals surface area contributed by atoms with Crippen LogP contribution in [0.4, 0.5) is 0 Å². The average Bonchev–Trinajstić information content (AvgIpc) is 3.46. The van der Waals surface area contributed by atoms with Crippen molar-refractivity contribution >= 4 is 35.0 Å². The summed E-state index contributed by atoms with van der Waals surface area (Å²) >= 11 is 1.57. The van der Waals surface area contributed by atoms with Gasteiger partial charge in [0.25, 0.3) is 0 Å². The van der Waals surface area contributed by atoms with E-state index in [0.29, 0.717) is 0 Å². The number of benzene rings is 1. The largest absolute Gasteiger partial charge is 0.391 e. The molecule has 1 aliphatic rings. The predicted octanol–water partition coefficient (Wildman–Crippen LogP) is 1.60. The number of carbonyl (C=O) groups excluding carboxylic acids is 4. The minimum Gasteiger partial charge on any atom is -0.391 e. The second-order valence-corrected chi connectivity index (χ2v) is 11.7. The summed E-state index contributed by atoms with van der Waals surface area (Å²) in [6.45, 7) is 7.56. The van der Waals surface area contributed by atoms with E-state index in [1.165, 1.54) is 11.9 Å². The third-order valence-corrected chi connectivity index (χ3v) is 7.88. The van der Waals surface area contributed by atoms with Crippen LogP contribution in [0.2, 0.25) is 0 Å². The first-order valence-electron chi connectivity index (χ1n) is 12.6. The number of likely N-dealkylation sites (tertiary alicyclic amines) is 1. The Hall–Kier alpha value is -3.31. The molecule has 0 radical (unpaired) electrons. The summed E-state index contributed by atoms with van der Waals surface area (Å²) in [6, 6.07) is 6.90. The number of aliphatic hydroxyl groups is 1. The topological polar surface area (TPSA) is 155 Å². The minimum atomic E-state index is -1.01. The standard InChI is InChI=1S/C27H37N5O5S/c1-15-23(38-14-31-15)17-8-6-16(7-9-17)12-30-25(36)20-10-18(33)13-32(20)26(37)22(27(2,3)4)19(11-21(28)34)24(35)29-5/h6-9,14,18-20,22,33H,10-13H2,1-5H3,(H2,28,34)(H,29,35)(H,30,36)/t18-,19?,20+,22-/m1/s1. The molecule has 1 fully saturated rings. The molecule has 3 rings (SSSR count). The highest BCUT2D eigenvalue weighted by molar-refractivity contribution is 7.13. The van der Waals surface area contributed by atoms with Gasteiger partial charge in [-0.3, -0.25) is 19.2 Å². The number of aryl methyl sites for hydroxylation is 1. The van der Waals surface area contributed by atoms with Crippen LogP contribution >= 0.6 is 11.3 Å². The first-order chi connectivity index (χ1) is 17.8. The fourth-order valence-electron chi connectivity index (χ4n) is 5.05. The molecule has 4 atom stereocenters. The van der Waals surface area contributed by atoms with Crippen molar-refractivity contribution in [3.63, 3.8) is 0 Å². The molecular weight excluding hydrogens is 506 g/mol. The van der Waals surface area contributed by atoms with Crippen LogP contribution in [0.5, 0.6) is 0 Å². The third-order valence-electron chi connectivity index (χ3n) is 6.90. The number of nitrogens with two attached hydrogens (primary N) is 1. The van der Waals surface area contributed by atoms with E-state index in [1.54, 1.807) is 37.6 Å². The van der Waals surface area contributed by atoms with Crippen molar-refractivity contribution in [1.82, 2.24) is 20.5 Å². The maximum absolute atomic E-state index is 13.8. The van der Waals surface area contributed by atoms with Crippen molar-refractivity contribution in [2.24, 2.45) is 23.0 Å². The van der Waals surface area contributed by atoms with Crippen molar-refractivity contribution in [3.8, 4) is 10.4 Å². The van der Waals surface area contributed by atoms with E-state index in [0.717, 1.165) is 21.7 Å². The molecule has 1 unspecified atom stereocenters. The molecule has 10 nitrogen and oxygen atoms in total. The van der Waals surface area contributed by atoms with Gasteiger partial charge < -0.3 is 26.4 Å². The van der Waals surface area contributed by atoms with Gasteiger partial charge >= 0.3 is 0 Å². The summed E-state index contributed by atoms with van der Waals surface area (Å²) in [5.41, 5.74) is 9.38. The molecule has 4 amide bonds. The Balaban J connectivity index is 1.76. The molecule has 11 heteroatoms. The number of hydrogen-bond acceptors (Lipinski definition) is 7. The lowest BCUT2D eigenvalue weighted by molar-refractivity contribution is -0.151. The molecule has 0 spiro atoms. The first kappa shape index (κ1) is 29.2. The van der Waals surface area contributed by atoms with Gasteiger partial charge in [0.15, 0.2) is 0 Å². The molecule has 1 saturated heterocycles. The molecule has 1 aromatic carbocycles. The summed E-state index contributed by atoms with van der Waals surface area (Å²) in [4.78, 5) is 58.2. The van der Waals surface area contributed by atoms with Crippen LogP contribution in [-0.4, -0.2) is 64.4 Å². The van der Waals surface area contributed by atoms with Crippen LogP contribution in [0, 0.1) is 24.2 Å². The fourth-order valence-corrected chi connectivity index (χ4v) is 5.87. The smallest absolute Gasteiger partial charge is 0.243 e. The summed E-state index contributed by atoms with van der Waals surface area (Å²) in [5.74, 6) is -3.97. The van der Waals surface area contributed by atoms with Gasteiger partial charge in [0, 0.05) is 33.0 Å². The number of nitrogens with one attached hydrogen (secondary N) is 2. The second-order valence-electron chi connectivity index (χ2n) is 10.8. The molecule has 38 heavy (non-hydrogen) atoms. The van der Waals surface area contributed by atoms with Gasteiger partial charge in [0.2, 0.25) is 23.6 Å². The van der Waals surface area contributed by atoms with E-state index in [-0.39, 0.29) is 25.9 Å². The Kier molecular flexibility index (Phi) is 9.26. The van der Waals surface area contributed by atoms with E-state index < -0.39 is 53.0 Å². The van der Waals surface area contributed by atoms with Gasteiger partial charge in [0.1, 0.15) is 6.04 Å². The van der Waals surface area contributed by atoms with Gasteiger partial charge in [0.05, 0.1) is 34.0 Å². The molecule has 1 aliphatic heterocycles. The Morgan fingerprint density at radius 3 is 2.39 bits per heavy atom. The van der Waals surface area contributed by atoms with Crippen molar-refractivity contribution in [1.29, 1.82) is 0 Å². The van der Waals surface area contributed by atoms with E-state index in [4.69, 9.17) is 5.73 Å². The first-order valence-corrected chi connectivity index (χ1v) is 13.5. The SMILES string of the molecule is CNC(=O)C(CC(N)=O)[C@H](C(=O)N1C[C@H](O)C[C@H]1C(=O)NCc1ccc(-c2scnc2C)cc1)C(C)(C)C. The number of nitrogens with zero attached hydrogens (tertiary/aromatic N) is 2. The number of thiazole rings is 1. The van der Waals surface area contributed by atoms with Crippen LogP contribution in [0.1, 0.15) is 44.9 Å². The minimum absolute atomic E-state index is 0.0383. The Morgan fingerprint density at radius 2 is 1.87 bits per heavy atom. The maximum atomic E-state index is 13.8. The summed E-state index contributed by atoms with van der Waals surface area (Å²) in [5, 5.41) is 15.8. The van der Waals surface area contributed by atoms with Crippen molar-refractivity contribution in [2.75, 3.05) is 13.6 Å². The quantitative estimate of drug-likeness (QED) is 0.377. The zero-order valence-corrected chi connectivity index (χ0v) is 23.3. The highest BCUT2D eigenvalue weighted by atomic mass is 32.1. The average molecular weight is 544 g/mol. The molecule has 5 N–H and O–H groups in total. The number of hydrogen-bond donors (Lipinski definition) is 4. The van der Waals surface area contributed by atoms with E-state index in [1.807, 2.05) is 31.2 Å². The molecule has 0 saturated carbocycles. The normalized spacial score (nSPS) is 19.1. The number of aliphatic hydroxyl groups excluding tert-OH is 1. The van der Waals surface area contributed by atoms with Crippen LogP contribution in [-0.2, 0) is 25.7 Å². The number of aromatic nitrogens is 1. The zero-order chi connectivity index (χ0) is 28.2. The van der Waals surface area contributed by atoms with Crippen LogP contribution in [0.25, 0.3) is 10.4 Å². The van der Waals surface area contributed by atoms with Gasteiger partial charge in [-0.25, -0.2) is 4.98 Å². The number of β-amino-alcohol motifs (C(OH)–C–C–N with tert-alkyl or cyclic N) is 1. The zero-order valence-electron chi connectivity index (χ0n) is 22.5. The van der Waals surface area contributed by atoms with Crippen LogP contribution in [0.15, 0.2) is 29.8 Å². The molecule has 1 aromatic heterocycles. The van der Waals surface area contributed by atoms with Crippen LogP contribution in [0.3, 0.4) is 0 Å². The molecule has 0 aliphatic carbocycles. The summed E-state index contributed by atoms with van der Waals surface area (Å²) in [7, 11) is 1.43. The lowest BCUT2D eigenvalue weighted by Crippen LogP contribution is -2.53. The maximum Gasteiger partial charge on any atom is 0.243 e. The van der Waals surface area contributed by atoms with Gasteiger partial charge in [-0.1, -0.05) is 45.0 Å². The molecular formula is C27H37N5O5S. The van der Waals surface area contributed by atoms with Crippen molar-refractivity contribution in [3.05, 3.63) is 41.0 Å². The predicted molar refractivity (Wildman–Crippen MR) is 145 cm³/mol. The van der Waals surface area contributed by atoms with Crippen LogP contribution < -0.4 is 16.4 Å². The number of rotatable bonds is 9. The van der Waals surface area contributed by atoms with E-state index in [2.05, 4.69) is 15.6 Å². The molecule has 0 bridgehead atoms. The van der Waals surface area contributed by atoms with E-state index >= 15 is 0 Å². The molecule has 2 aromatic rings. The molecule has 206 valence electrons. The number of amides is 4. The third kappa shape index (κ3) is 6.76. The fraction of sp³-hybridized carbons (Fsp3) is 0.519. The Morgan fingerprint density at radius 1 is 1.21 bits per heavy atom.